The highest BCUT2D eigenvalue weighted by atomic mass is 79.9. The predicted molar refractivity (Wildman–Crippen MR) is 78.8 cm³/mol. The maximum absolute atomic E-state index is 9.51. The lowest BCUT2D eigenvalue weighted by Crippen LogP contribution is -2.14. The Kier molecular flexibility index (Phi) is 4.39. The molecule has 0 heterocycles. The molecule has 94 valence electrons. The lowest BCUT2D eigenvalue weighted by Gasteiger charge is -2.18. The molecule has 3 heteroatoms. The SMILES string of the molecule is Cc1cccc(NC(CO)c2ccc(Br)cc2)c1. The summed E-state index contributed by atoms with van der Waals surface area (Å²) < 4.78 is 1.04. The summed E-state index contributed by atoms with van der Waals surface area (Å²) in [5.74, 6) is 0. The molecule has 2 aromatic rings. The number of halogens is 1. The summed E-state index contributed by atoms with van der Waals surface area (Å²) in [6.45, 7) is 2.12. The lowest BCUT2D eigenvalue weighted by atomic mass is 10.1. The van der Waals surface area contributed by atoms with Crippen LogP contribution in [0.2, 0.25) is 0 Å². The first kappa shape index (κ1) is 13.1. The van der Waals surface area contributed by atoms with Crippen LogP contribution >= 0.6 is 15.9 Å². The molecule has 0 bridgehead atoms. The third-order valence-corrected chi connectivity index (χ3v) is 3.34. The van der Waals surface area contributed by atoms with E-state index >= 15 is 0 Å². The fourth-order valence-electron chi connectivity index (χ4n) is 1.87. The number of aliphatic hydroxyl groups excluding tert-OH is 1. The summed E-state index contributed by atoms with van der Waals surface area (Å²) >= 11 is 3.41. The molecule has 1 unspecified atom stereocenters. The quantitative estimate of drug-likeness (QED) is 0.898. The van der Waals surface area contributed by atoms with Gasteiger partial charge in [0.1, 0.15) is 0 Å². The molecular weight excluding hydrogens is 290 g/mol. The van der Waals surface area contributed by atoms with Crippen molar-refractivity contribution in [1.29, 1.82) is 0 Å². The maximum atomic E-state index is 9.51. The van der Waals surface area contributed by atoms with Crippen LogP contribution in [0.5, 0.6) is 0 Å². The van der Waals surface area contributed by atoms with Crippen molar-refractivity contribution in [3.05, 3.63) is 64.1 Å². The molecule has 0 saturated heterocycles. The van der Waals surface area contributed by atoms with Gasteiger partial charge in [0.2, 0.25) is 0 Å². The van der Waals surface area contributed by atoms with Gasteiger partial charge in [-0.2, -0.15) is 0 Å². The van der Waals surface area contributed by atoms with Crippen molar-refractivity contribution >= 4 is 21.6 Å². The van der Waals surface area contributed by atoms with Crippen LogP contribution in [0.15, 0.2) is 53.0 Å². The summed E-state index contributed by atoms with van der Waals surface area (Å²) in [6.07, 6.45) is 0. The van der Waals surface area contributed by atoms with Gasteiger partial charge in [-0.1, -0.05) is 40.2 Å². The first-order chi connectivity index (χ1) is 8.69. The van der Waals surface area contributed by atoms with E-state index in [1.165, 1.54) is 5.56 Å². The van der Waals surface area contributed by atoms with Crippen molar-refractivity contribution in [2.45, 2.75) is 13.0 Å². The second-order valence-corrected chi connectivity index (χ2v) is 5.22. The smallest absolute Gasteiger partial charge is 0.0745 e. The van der Waals surface area contributed by atoms with Gasteiger partial charge in [-0.3, -0.25) is 0 Å². The normalized spacial score (nSPS) is 12.2. The van der Waals surface area contributed by atoms with E-state index in [2.05, 4.69) is 40.3 Å². The van der Waals surface area contributed by atoms with Crippen LogP contribution in [-0.4, -0.2) is 11.7 Å². The van der Waals surface area contributed by atoms with E-state index in [0.717, 1.165) is 15.7 Å². The van der Waals surface area contributed by atoms with Gasteiger partial charge in [0, 0.05) is 10.2 Å². The molecule has 0 spiro atoms. The Labute approximate surface area is 116 Å². The Morgan fingerprint density at radius 3 is 2.50 bits per heavy atom. The molecule has 2 nitrogen and oxygen atoms in total. The van der Waals surface area contributed by atoms with Crippen LogP contribution in [-0.2, 0) is 0 Å². The number of hydrogen-bond acceptors (Lipinski definition) is 2. The molecule has 0 amide bonds. The van der Waals surface area contributed by atoms with Crippen molar-refractivity contribution in [3.63, 3.8) is 0 Å². The summed E-state index contributed by atoms with van der Waals surface area (Å²) in [4.78, 5) is 0. The highest BCUT2D eigenvalue weighted by Crippen LogP contribution is 2.21. The molecule has 1 atom stereocenters. The number of aliphatic hydroxyl groups is 1. The van der Waals surface area contributed by atoms with Crippen molar-refractivity contribution in [2.75, 3.05) is 11.9 Å². The number of anilines is 1. The molecule has 0 aromatic heterocycles. The molecule has 0 fully saturated rings. The Morgan fingerprint density at radius 1 is 1.17 bits per heavy atom. The Morgan fingerprint density at radius 2 is 1.89 bits per heavy atom. The molecule has 2 aromatic carbocycles. The Hall–Kier alpha value is -1.32. The van der Waals surface area contributed by atoms with E-state index < -0.39 is 0 Å². The van der Waals surface area contributed by atoms with E-state index in [9.17, 15) is 5.11 Å². The zero-order valence-electron chi connectivity index (χ0n) is 10.2. The van der Waals surface area contributed by atoms with Crippen LogP contribution in [0.1, 0.15) is 17.2 Å². The van der Waals surface area contributed by atoms with Crippen LogP contribution < -0.4 is 5.32 Å². The van der Waals surface area contributed by atoms with Crippen molar-refractivity contribution in [1.82, 2.24) is 0 Å². The summed E-state index contributed by atoms with van der Waals surface area (Å²) in [7, 11) is 0. The lowest BCUT2D eigenvalue weighted by molar-refractivity contribution is 0.276. The number of hydrogen-bond donors (Lipinski definition) is 2. The van der Waals surface area contributed by atoms with Gasteiger partial charge >= 0.3 is 0 Å². The van der Waals surface area contributed by atoms with Gasteiger partial charge in [0.05, 0.1) is 12.6 Å². The van der Waals surface area contributed by atoms with Crippen molar-refractivity contribution in [3.8, 4) is 0 Å². The first-order valence-electron chi connectivity index (χ1n) is 5.88. The summed E-state index contributed by atoms with van der Waals surface area (Å²) in [5, 5.41) is 12.8. The molecule has 0 saturated carbocycles. The van der Waals surface area contributed by atoms with E-state index in [1.807, 2.05) is 36.4 Å². The second kappa shape index (κ2) is 6.03. The van der Waals surface area contributed by atoms with Crippen LogP contribution in [0, 0.1) is 6.92 Å². The highest BCUT2D eigenvalue weighted by molar-refractivity contribution is 9.10. The standard InChI is InChI=1S/C15H16BrNO/c1-11-3-2-4-14(9-11)17-15(10-18)12-5-7-13(16)8-6-12/h2-9,15,17-18H,10H2,1H3. The predicted octanol–water partition coefficient (Wildman–Crippen LogP) is 3.90. The third-order valence-electron chi connectivity index (χ3n) is 2.81. The van der Waals surface area contributed by atoms with E-state index in [1.54, 1.807) is 0 Å². The van der Waals surface area contributed by atoms with E-state index in [-0.39, 0.29) is 12.6 Å². The fourth-order valence-corrected chi connectivity index (χ4v) is 2.13. The first-order valence-corrected chi connectivity index (χ1v) is 6.68. The molecule has 18 heavy (non-hydrogen) atoms. The van der Waals surface area contributed by atoms with Gasteiger partial charge in [-0.25, -0.2) is 0 Å². The van der Waals surface area contributed by atoms with Crippen LogP contribution in [0.25, 0.3) is 0 Å². The zero-order valence-corrected chi connectivity index (χ0v) is 11.8. The van der Waals surface area contributed by atoms with E-state index in [0.29, 0.717) is 0 Å². The number of rotatable bonds is 4. The van der Waals surface area contributed by atoms with E-state index in [4.69, 9.17) is 0 Å². The summed E-state index contributed by atoms with van der Waals surface area (Å²) in [6, 6.07) is 16.0. The largest absolute Gasteiger partial charge is 0.394 e. The van der Waals surface area contributed by atoms with Gasteiger partial charge in [0.15, 0.2) is 0 Å². The monoisotopic (exact) mass is 305 g/mol. The minimum atomic E-state index is -0.0834. The highest BCUT2D eigenvalue weighted by Gasteiger charge is 2.09. The molecular formula is C15H16BrNO. The fraction of sp³-hybridized carbons (Fsp3) is 0.200. The average Bonchev–Trinajstić information content (AvgIpc) is 2.37. The molecule has 2 rings (SSSR count). The van der Waals surface area contributed by atoms with Crippen molar-refractivity contribution in [2.24, 2.45) is 0 Å². The molecule has 0 aliphatic rings. The van der Waals surface area contributed by atoms with Crippen molar-refractivity contribution < 1.29 is 5.11 Å². The maximum Gasteiger partial charge on any atom is 0.0745 e. The number of aryl methyl sites for hydroxylation is 1. The molecule has 0 aliphatic heterocycles. The third kappa shape index (κ3) is 3.34. The molecule has 0 radical (unpaired) electrons. The average molecular weight is 306 g/mol. The van der Waals surface area contributed by atoms with Gasteiger partial charge < -0.3 is 10.4 Å². The van der Waals surface area contributed by atoms with Gasteiger partial charge in [-0.15, -0.1) is 0 Å². The topological polar surface area (TPSA) is 32.3 Å². The number of nitrogens with one attached hydrogen (secondary N) is 1. The minimum absolute atomic E-state index is 0.0651. The second-order valence-electron chi connectivity index (χ2n) is 4.30. The van der Waals surface area contributed by atoms with Crippen LogP contribution in [0.3, 0.4) is 0 Å². The van der Waals surface area contributed by atoms with Gasteiger partial charge in [0.25, 0.3) is 0 Å². The minimum Gasteiger partial charge on any atom is -0.394 e. The Balaban J connectivity index is 2.17. The Bertz CT molecular complexity index is 510. The molecule has 0 aliphatic carbocycles. The van der Waals surface area contributed by atoms with Crippen LogP contribution in [0.4, 0.5) is 5.69 Å². The summed E-state index contributed by atoms with van der Waals surface area (Å²) in [5.41, 5.74) is 3.30. The number of benzene rings is 2. The molecule has 2 N–H and O–H groups in total. The van der Waals surface area contributed by atoms with Gasteiger partial charge in [-0.05, 0) is 42.3 Å². The zero-order chi connectivity index (χ0) is 13.0.